The zero-order valence-electron chi connectivity index (χ0n) is 9.20. The van der Waals surface area contributed by atoms with E-state index < -0.39 is 6.29 Å². The second-order valence-electron chi connectivity index (χ2n) is 3.42. The molecule has 4 heteroatoms. The monoisotopic (exact) mass is 218 g/mol. The number of carbonyl (C=O) groups excluding carboxylic acids is 1. The summed E-state index contributed by atoms with van der Waals surface area (Å²) in [6, 6.07) is 0. The van der Waals surface area contributed by atoms with Gasteiger partial charge in [0.25, 0.3) is 0 Å². The molecule has 1 atom stereocenters. The highest BCUT2D eigenvalue weighted by molar-refractivity contribution is 7.80. The van der Waals surface area contributed by atoms with E-state index in [4.69, 9.17) is 21.7 Å². The Morgan fingerprint density at radius 3 is 2.29 bits per heavy atom. The molecule has 0 aromatic carbocycles. The quantitative estimate of drug-likeness (QED) is 0.404. The van der Waals surface area contributed by atoms with Gasteiger partial charge in [-0.2, -0.15) is 0 Å². The summed E-state index contributed by atoms with van der Waals surface area (Å²) in [5.41, 5.74) is 0. The molecule has 0 unspecified atom stereocenters. The third-order valence-electron chi connectivity index (χ3n) is 1.54. The molecule has 0 saturated carbocycles. The summed E-state index contributed by atoms with van der Waals surface area (Å²) < 4.78 is 10.3. The minimum atomic E-state index is -0.521. The Hall–Kier alpha value is -0.640. The molecule has 0 N–H and O–H groups in total. The molecule has 0 aromatic rings. The minimum absolute atomic E-state index is 0.136. The van der Waals surface area contributed by atoms with Crippen molar-refractivity contribution in [2.45, 2.75) is 46.8 Å². The van der Waals surface area contributed by atoms with E-state index in [-0.39, 0.29) is 11.9 Å². The molecule has 0 rings (SSSR count). The Balaban J connectivity index is 4.08. The summed E-state index contributed by atoms with van der Waals surface area (Å²) in [5, 5.41) is 0.403. The lowest BCUT2D eigenvalue weighted by Crippen LogP contribution is -2.25. The van der Waals surface area contributed by atoms with Crippen LogP contribution in [0.1, 0.15) is 40.5 Å². The number of ether oxygens (including phenoxy) is 2. The van der Waals surface area contributed by atoms with E-state index in [0.29, 0.717) is 11.5 Å². The third kappa shape index (κ3) is 5.91. The van der Waals surface area contributed by atoms with Crippen molar-refractivity contribution in [3.8, 4) is 0 Å². The Bertz CT molecular complexity index is 202. The van der Waals surface area contributed by atoms with Crippen molar-refractivity contribution < 1.29 is 14.3 Å². The van der Waals surface area contributed by atoms with Gasteiger partial charge in [0.1, 0.15) is 0 Å². The Kier molecular flexibility index (Phi) is 6.45. The topological polar surface area (TPSA) is 35.5 Å². The molecule has 14 heavy (non-hydrogen) atoms. The van der Waals surface area contributed by atoms with Gasteiger partial charge in [0.2, 0.25) is 6.29 Å². The van der Waals surface area contributed by atoms with Gasteiger partial charge in [0.05, 0.1) is 5.92 Å². The number of rotatable bonds is 5. The van der Waals surface area contributed by atoms with E-state index in [1.165, 1.54) is 0 Å². The van der Waals surface area contributed by atoms with Gasteiger partial charge < -0.3 is 9.47 Å². The molecule has 3 nitrogen and oxygen atoms in total. The summed E-state index contributed by atoms with van der Waals surface area (Å²) in [7, 11) is 0. The first-order valence-corrected chi connectivity index (χ1v) is 5.25. The molecule has 0 fully saturated rings. The Labute approximate surface area is 90.8 Å². The second kappa shape index (κ2) is 6.76. The van der Waals surface area contributed by atoms with Crippen molar-refractivity contribution >= 4 is 23.2 Å². The van der Waals surface area contributed by atoms with Crippen LogP contribution < -0.4 is 0 Å². The molecule has 0 saturated heterocycles. The van der Waals surface area contributed by atoms with Crippen molar-refractivity contribution in [3.05, 3.63) is 0 Å². The van der Waals surface area contributed by atoms with Crippen molar-refractivity contribution in [2.24, 2.45) is 5.92 Å². The average molecular weight is 218 g/mol. The van der Waals surface area contributed by atoms with Crippen LogP contribution in [0.3, 0.4) is 0 Å². The van der Waals surface area contributed by atoms with Gasteiger partial charge in [0, 0.05) is 13.3 Å². The van der Waals surface area contributed by atoms with Crippen LogP contribution in [0.15, 0.2) is 0 Å². The van der Waals surface area contributed by atoms with Gasteiger partial charge >= 0.3 is 5.97 Å². The normalized spacial score (nSPS) is 12.4. The van der Waals surface area contributed by atoms with Crippen LogP contribution in [0.4, 0.5) is 0 Å². The molecular formula is C10H18O3S. The van der Waals surface area contributed by atoms with E-state index in [1.54, 1.807) is 20.8 Å². The summed E-state index contributed by atoms with van der Waals surface area (Å²) in [6.07, 6.45) is 1.04. The number of esters is 1. The molecule has 0 amide bonds. The fraction of sp³-hybridized carbons (Fsp3) is 0.800. The molecule has 0 radical (unpaired) electrons. The fourth-order valence-electron chi connectivity index (χ4n) is 0.828. The second-order valence-corrected chi connectivity index (χ2v) is 3.99. The van der Waals surface area contributed by atoms with Crippen LogP contribution in [0.2, 0.25) is 0 Å². The van der Waals surface area contributed by atoms with Gasteiger partial charge in [-0.3, -0.25) is 4.79 Å². The third-order valence-corrected chi connectivity index (χ3v) is 1.64. The minimum Gasteiger partial charge on any atom is -0.449 e. The standard InChI is InChI=1S/C10H18O3S/c1-5-6-9(12-8(4)14)13-10(11)7(2)3/h7,9H,5-6H2,1-4H3/t9-/m1/s1. The molecule has 0 aromatic heterocycles. The molecule has 0 spiro atoms. The van der Waals surface area contributed by atoms with E-state index in [0.717, 1.165) is 6.42 Å². The number of hydrogen-bond acceptors (Lipinski definition) is 4. The number of hydrogen-bond donors (Lipinski definition) is 0. The van der Waals surface area contributed by atoms with E-state index in [2.05, 4.69) is 0 Å². The maximum atomic E-state index is 11.3. The van der Waals surface area contributed by atoms with Gasteiger partial charge in [-0.05, 0) is 18.6 Å². The SMILES string of the molecule is CCC[C@@H](OC(=O)C(C)C)OC(C)=S. The van der Waals surface area contributed by atoms with Crippen LogP contribution in [0.25, 0.3) is 0 Å². The fourth-order valence-corrected chi connectivity index (χ4v) is 0.936. The van der Waals surface area contributed by atoms with E-state index >= 15 is 0 Å². The maximum Gasteiger partial charge on any atom is 0.311 e. The van der Waals surface area contributed by atoms with Gasteiger partial charge in [0.15, 0.2) is 5.05 Å². The van der Waals surface area contributed by atoms with Gasteiger partial charge in [-0.1, -0.05) is 20.8 Å². The zero-order chi connectivity index (χ0) is 11.1. The lowest BCUT2D eigenvalue weighted by Gasteiger charge is -2.18. The van der Waals surface area contributed by atoms with Crippen LogP contribution in [0.5, 0.6) is 0 Å². The van der Waals surface area contributed by atoms with Crippen LogP contribution in [-0.2, 0) is 14.3 Å². The first-order chi connectivity index (χ1) is 6.47. The molecule has 0 aliphatic heterocycles. The largest absolute Gasteiger partial charge is 0.449 e. The van der Waals surface area contributed by atoms with Crippen molar-refractivity contribution in [3.63, 3.8) is 0 Å². The molecule has 82 valence electrons. The van der Waals surface area contributed by atoms with E-state index in [1.807, 2.05) is 6.92 Å². The summed E-state index contributed by atoms with van der Waals surface area (Å²) >= 11 is 4.79. The van der Waals surface area contributed by atoms with Crippen LogP contribution in [-0.4, -0.2) is 17.3 Å². The maximum absolute atomic E-state index is 11.3. The number of thiocarbonyl (C=S) groups is 1. The predicted molar refractivity (Wildman–Crippen MR) is 59.0 cm³/mol. The average Bonchev–Trinajstić information content (AvgIpc) is 2.02. The molecular weight excluding hydrogens is 200 g/mol. The number of carbonyl (C=O) groups is 1. The predicted octanol–water partition coefficient (Wildman–Crippen LogP) is 2.68. The first kappa shape index (κ1) is 13.4. The smallest absolute Gasteiger partial charge is 0.311 e. The Morgan fingerprint density at radius 1 is 1.36 bits per heavy atom. The lowest BCUT2D eigenvalue weighted by molar-refractivity contribution is -0.169. The van der Waals surface area contributed by atoms with Crippen molar-refractivity contribution in [2.75, 3.05) is 0 Å². The lowest BCUT2D eigenvalue weighted by atomic mass is 10.2. The zero-order valence-corrected chi connectivity index (χ0v) is 10.0. The Morgan fingerprint density at radius 2 is 1.93 bits per heavy atom. The summed E-state index contributed by atoms with van der Waals surface area (Å²) in [6.45, 7) is 7.24. The summed E-state index contributed by atoms with van der Waals surface area (Å²) in [5.74, 6) is -0.386. The van der Waals surface area contributed by atoms with E-state index in [9.17, 15) is 4.79 Å². The van der Waals surface area contributed by atoms with Gasteiger partial charge in [-0.15, -0.1) is 0 Å². The van der Waals surface area contributed by atoms with Gasteiger partial charge in [-0.25, -0.2) is 0 Å². The first-order valence-electron chi connectivity index (χ1n) is 4.85. The molecule has 0 heterocycles. The highest BCUT2D eigenvalue weighted by Crippen LogP contribution is 2.08. The highest BCUT2D eigenvalue weighted by Gasteiger charge is 2.17. The molecule has 0 aliphatic carbocycles. The molecule has 0 bridgehead atoms. The molecule has 0 aliphatic rings. The van der Waals surface area contributed by atoms with Crippen LogP contribution in [0, 0.1) is 5.92 Å². The summed E-state index contributed by atoms with van der Waals surface area (Å²) in [4.78, 5) is 11.3. The van der Waals surface area contributed by atoms with Crippen molar-refractivity contribution in [1.29, 1.82) is 0 Å². The van der Waals surface area contributed by atoms with Crippen molar-refractivity contribution in [1.82, 2.24) is 0 Å². The highest BCUT2D eigenvalue weighted by atomic mass is 32.1. The van der Waals surface area contributed by atoms with Crippen LogP contribution >= 0.6 is 12.2 Å².